The highest BCUT2D eigenvalue weighted by Crippen LogP contribution is 2.30. The van der Waals surface area contributed by atoms with Crippen LogP contribution in [0, 0.1) is 5.92 Å². The molecule has 0 aliphatic carbocycles. The minimum absolute atomic E-state index is 0.0267. The normalized spacial score (nSPS) is 16.5. The first-order chi connectivity index (χ1) is 17.3. The number of ketones is 1. The predicted molar refractivity (Wildman–Crippen MR) is 141 cm³/mol. The topological polar surface area (TPSA) is 96.9 Å². The van der Waals surface area contributed by atoms with Crippen molar-refractivity contribution in [2.75, 3.05) is 11.4 Å². The molecule has 1 aliphatic rings. The molecular weight excluding hydrogens is 480 g/mol. The molecule has 2 aromatic heterocycles. The van der Waals surface area contributed by atoms with E-state index in [0.29, 0.717) is 41.8 Å². The molecule has 1 fully saturated rings. The van der Waals surface area contributed by atoms with Gasteiger partial charge in [-0.15, -0.1) is 0 Å². The molecule has 0 amide bonds. The van der Waals surface area contributed by atoms with Gasteiger partial charge in [0, 0.05) is 48.8 Å². The zero-order valence-electron chi connectivity index (χ0n) is 20.8. The van der Waals surface area contributed by atoms with E-state index in [1.165, 1.54) is 0 Å². The summed E-state index contributed by atoms with van der Waals surface area (Å²) in [7, 11) is 0. The molecule has 4 rings (SSSR count). The Bertz CT molecular complexity index is 1300. The van der Waals surface area contributed by atoms with Crippen LogP contribution in [0.3, 0.4) is 0 Å². The lowest BCUT2D eigenvalue weighted by Crippen LogP contribution is -2.39. The van der Waals surface area contributed by atoms with Crippen LogP contribution in [0.2, 0.25) is 5.02 Å². The lowest BCUT2D eigenvalue weighted by molar-refractivity contribution is -0.138. The van der Waals surface area contributed by atoms with Gasteiger partial charge in [0.2, 0.25) is 5.78 Å². The van der Waals surface area contributed by atoms with E-state index in [1.807, 2.05) is 17.0 Å². The second-order valence-electron chi connectivity index (χ2n) is 9.73. The van der Waals surface area contributed by atoms with Crippen LogP contribution in [-0.4, -0.2) is 43.4 Å². The van der Waals surface area contributed by atoms with Gasteiger partial charge in [0.25, 0.3) is 5.56 Å². The van der Waals surface area contributed by atoms with Crippen LogP contribution >= 0.6 is 11.6 Å². The summed E-state index contributed by atoms with van der Waals surface area (Å²) in [6.45, 7) is 5.28. The monoisotopic (exact) mass is 512 g/mol. The Morgan fingerprint density at radius 1 is 1.19 bits per heavy atom. The molecule has 9 heteroatoms. The number of hydrogen-bond acceptors (Lipinski definition) is 5. The molecule has 0 radical (unpaired) electrons. The highest BCUT2D eigenvalue weighted by Gasteiger charge is 2.33. The smallest absolute Gasteiger partial charge is 0.303 e. The number of aromatic nitrogens is 3. The number of Topliss-reactive ketones (excluding diaryl/α,β-unsaturated/α-hetero) is 1. The molecule has 3 heterocycles. The molecule has 36 heavy (non-hydrogen) atoms. The van der Waals surface area contributed by atoms with Gasteiger partial charge in [0.1, 0.15) is 5.82 Å². The number of unbranched alkanes of at least 4 members (excludes halogenated alkanes) is 2. The third-order valence-corrected chi connectivity index (χ3v) is 7.06. The highest BCUT2D eigenvalue weighted by atomic mass is 35.5. The minimum atomic E-state index is -0.899. The van der Waals surface area contributed by atoms with Gasteiger partial charge in [0.15, 0.2) is 5.78 Å². The number of hydrogen-bond donors (Lipinski definition) is 1. The highest BCUT2D eigenvalue weighted by molar-refractivity contribution is 6.30. The summed E-state index contributed by atoms with van der Waals surface area (Å²) in [6, 6.07) is 8.59. The fourth-order valence-corrected chi connectivity index (χ4v) is 5.17. The summed E-state index contributed by atoms with van der Waals surface area (Å²) < 4.78 is 3.63. The van der Waals surface area contributed by atoms with Gasteiger partial charge in [0.05, 0.1) is 11.7 Å². The second kappa shape index (κ2) is 11.3. The summed E-state index contributed by atoms with van der Waals surface area (Å²) >= 11 is 6.05. The molecule has 192 valence electrons. The van der Waals surface area contributed by atoms with Crippen molar-refractivity contribution in [2.24, 2.45) is 5.92 Å². The number of carbonyl (C=O) groups is 2. The van der Waals surface area contributed by atoms with E-state index >= 15 is 0 Å². The number of rotatable bonds is 11. The predicted octanol–water partition coefficient (Wildman–Crippen LogP) is 5.05. The quantitative estimate of drug-likeness (QED) is 0.361. The van der Waals surface area contributed by atoms with Crippen molar-refractivity contribution >= 4 is 34.9 Å². The van der Waals surface area contributed by atoms with Crippen molar-refractivity contribution < 1.29 is 14.7 Å². The van der Waals surface area contributed by atoms with E-state index < -0.39 is 5.97 Å². The molecule has 0 bridgehead atoms. The van der Waals surface area contributed by atoms with Gasteiger partial charge < -0.3 is 10.0 Å². The zero-order valence-corrected chi connectivity index (χ0v) is 21.6. The molecular formula is C27H33ClN4O4. The molecule has 3 aromatic rings. The number of nitrogens with zero attached hydrogens (tertiary/aromatic N) is 4. The summed E-state index contributed by atoms with van der Waals surface area (Å²) in [5.74, 6) is 0.152. The fourth-order valence-electron chi connectivity index (χ4n) is 5.04. The first kappa shape index (κ1) is 25.9. The third kappa shape index (κ3) is 5.64. The number of carbonyl (C=O) groups excluding carboxylic acids is 1. The first-order valence-corrected chi connectivity index (χ1v) is 13.1. The van der Waals surface area contributed by atoms with Crippen LogP contribution in [0.4, 0.5) is 5.82 Å². The molecule has 8 nitrogen and oxygen atoms in total. The third-order valence-electron chi connectivity index (χ3n) is 6.81. The first-order valence-electron chi connectivity index (χ1n) is 12.7. The maximum atomic E-state index is 13.2. The van der Waals surface area contributed by atoms with Gasteiger partial charge in [-0.05, 0) is 37.3 Å². The molecule has 1 unspecified atom stereocenters. The van der Waals surface area contributed by atoms with E-state index in [4.69, 9.17) is 21.7 Å². The maximum absolute atomic E-state index is 13.2. The molecule has 1 aliphatic heterocycles. The fraction of sp³-hybridized carbons (Fsp3) is 0.481. The largest absolute Gasteiger partial charge is 0.481 e. The van der Waals surface area contributed by atoms with Crippen molar-refractivity contribution in [2.45, 2.75) is 71.4 Å². The molecule has 1 aromatic carbocycles. The number of anilines is 1. The standard InChI is InChI=1S/C27H33ClN4O4/c1-3-4-5-12-31-24(30-13-6-7-22(30)23(33)14-18(2)15-26(35)36)16-25(34)32-17-21(29-27(31)32)19-8-10-20(28)11-9-19/h8-11,16-18,22H,3-7,12-15H2,1-2H3,(H,35,36)/t18?,22-/m0/s1. The zero-order chi connectivity index (χ0) is 25.8. The van der Waals surface area contributed by atoms with Crippen LogP contribution in [0.1, 0.15) is 58.8 Å². The number of carboxylic acid groups (broad SMARTS) is 1. The number of aliphatic carboxylic acids is 1. The molecule has 0 saturated carbocycles. The lowest BCUT2D eigenvalue weighted by atomic mass is 9.96. The molecule has 1 saturated heterocycles. The number of imidazole rings is 1. The van der Waals surface area contributed by atoms with Crippen LogP contribution in [0.15, 0.2) is 41.3 Å². The van der Waals surface area contributed by atoms with Crippen molar-refractivity contribution in [1.82, 2.24) is 14.0 Å². The summed E-state index contributed by atoms with van der Waals surface area (Å²) in [4.78, 5) is 44.4. The lowest BCUT2D eigenvalue weighted by Gasteiger charge is -2.29. The maximum Gasteiger partial charge on any atom is 0.303 e. The van der Waals surface area contributed by atoms with Crippen molar-refractivity contribution in [3.05, 3.63) is 51.9 Å². The van der Waals surface area contributed by atoms with E-state index in [2.05, 4.69) is 11.5 Å². The minimum Gasteiger partial charge on any atom is -0.481 e. The number of benzene rings is 1. The van der Waals surface area contributed by atoms with Crippen molar-refractivity contribution in [3.8, 4) is 11.3 Å². The number of halogens is 1. The van der Waals surface area contributed by atoms with Crippen LogP contribution in [0.5, 0.6) is 0 Å². The Labute approximate surface area is 215 Å². The Morgan fingerprint density at radius 2 is 1.94 bits per heavy atom. The van der Waals surface area contributed by atoms with E-state index in [0.717, 1.165) is 31.2 Å². The van der Waals surface area contributed by atoms with Gasteiger partial charge in [-0.25, -0.2) is 4.98 Å². The van der Waals surface area contributed by atoms with Gasteiger partial charge in [-0.3, -0.25) is 23.4 Å². The van der Waals surface area contributed by atoms with Gasteiger partial charge in [-0.2, -0.15) is 0 Å². The van der Waals surface area contributed by atoms with Gasteiger partial charge >= 0.3 is 5.97 Å². The van der Waals surface area contributed by atoms with E-state index in [1.54, 1.807) is 35.7 Å². The van der Waals surface area contributed by atoms with E-state index in [-0.39, 0.29) is 36.1 Å². The second-order valence-corrected chi connectivity index (χ2v) is 10.2. The Morgan fingerprint density at radius 3 is 2.64 bits per heavy atom. The average Bonchev–Trinajstić information content (AvgIpc) is 3.48. The molecule has 0 spiro atoms. The van der Waals surface area contributed by atoms with Crippen molar-refractivity contribution in [1.29, 1.82) is 0 Å². The molecule has 1 N–H and O–H groups in total. The average molecular weight is 513 g/mol. The van der Waals surface area contributed by atoms with Crippen LogP contribution in [0.25, 0.3) is 17.0 Å². The Kier molecular flexibility index (Phi) is 8.14. The Hall–Kier alpha value is -3.13. The SMILES string of the molecule is CCCCCn1c(N2CCC[C@H]2C(=O)CC(C)CC(=O)O)cc(=O)n2cc(-c3ccc(Cl)cc3)nc12. The van der Waals surface area contributed by atoms with E-state index in [9.17, 15) is 14.4 Å². The summed E-state index contributed by atoms with van der Waals surface area (Å²) in [5, 5.41) is 9.72. The number of aryl methyl sites for hydroxylation is 1. The summed E-state index contributed by atoms with van der Waals surface area (Å²) in [6.07, 6.45) is 6.47. The summed E-state index contributed by atoms with van der Waals surface area (Å²) in [5.41, 5.74) is 1.35. The van der Waals surface area contributed by atoms with Crippen LogP contribution < -0.4 is 10.5 Å². The van der Waals surface area contributed by atoms with Crippen LogP contribution in [-0.2, 0) is 16.1 Å². The van der Waals surface area contributed by atoms with Gasteiger partial charge in [-0.1, -0.05) is 50.4 Å². The molecule has 2 atom stereocenters. The van der Waals surface area contributed by atoms with Crippen molar-refractivity contribution in [3.63, 3.8) is 0 Å². The number of fused-ring (bicyclic) bond motifs is 1. The Balaban J connectivity index is 1.74. The number of carboxylic acids is 1.